The van der Waals surface area contributed by atoms with E-state index < -0.39 is 0 Å². The zero-order chi connectivity index (χ0) is 14.3. The van der Waals surface area contributed by atoms with Crippen molar-refractivity contribution in [2.45, 2.75) is 26.9 Å². The van der Waals surface area contributed by atoms with Gasteiger partial charge in [-0.05, 0) is 31.0 Å². The van der Waals surface area contributed by atoms with E-state index in [2.05, 4.69) is 10.1 Å². The molecule has 2 N–H and O–H groups in total. The number of benzene rings is 1. The lowest BCUT2D eigenvalue weighted by molar-refractivity contribution is 0.544. The zero-order valence-electron chi connectivity index (χ0n) is 11.5. The Balaban J connectivity index is 1.94. The summed E-state index contributed by atoms with van der Waals surface area (Å²) in [5.41, 5.74) is 9.07. The molecule has 0 aliphatic rings. The maximum Gasteiger partial charge on any atom is 0.201 e. The molecule has 0 fully saturated rings. The number of hydrogen-bond donors (Lipinski definition) is 1. The highest BCUT2D eigenvalue weighted by atomic mass is 19.1. The highest BCUT2D eigenvalue weighted by Gasteiger charge is 2.11. The third kappa shape index (κ3) is 2.13. The molecule has 104 valence electrons. The van der Waals surface area contributed by atoms with Crippen molar-refractivity contribution in [1.29, 1.82) is 0 Å². The van der Waals surface area contributed by atoms with E-state index in [-0.39, 0.29) is 5.82 Å². The standard InChI is InChI=1S/C14H16FN5/c1-9-7-17-19(8-9)3-4-20-13-5-10(2)11(15)6-12(13)18-14(20)16/h5-8H,3-4H2,1-2H3,(H2,16,18). The topological polar surface area (TPSA) is 61.7 Å². The molecule has 0 bridgehead atoms. The molecule has 20 heavy (non-hydrogen) atoms. The molecule has 0 amide bonds. The SMILES string of the molecule is Cc1cnn(CCn2c(N)nc3cc(F)c(C)cc32)c1. The Morgan fingerprint density at radius 1 is 1.25 bits per heavy atom. The van der Waals surface area contributed by atoms with Crippen LogP contribution in [0.25, 0.3) is 11.0 Å². The summed E-state index contributed by atoms with van der Waals surface area (Å²) in [6.45, 7) is 5.07. The quantitative estimate of drug-likeness (QED) is 0.796. The Morgan fingerprint density at radius 3 is 2.75 bits per heavy atom. The van der Waals surface area contributed by atoms with Crippen LogP contribution in [-0.2, 0) is 13.1 Å². The van der Waals surface area contributed by atoms with Crippen LogP contribution in [0, 0.1) is 19.7 Å². The van der Waals surface area contributed by atoms with Gasteiger partial charge in [0.05, 0.1) is 23.8 Å². The van der Waals surface area contributed by atoms with Crippen molar-refractivity contribution in [3.8, 4) is 0 Å². The second-order valence-corrected chi connectivity index (χ2v) is 4.99. The van der Waals surface area contributed by atoms with Gasteiger partial charge < -0.3 is 10.3 Å². The number of aromatic nitrogens is 4. The zero-order valence-corrected chi connectivity index (χ0v) is 11.5. The Bertz CT molecular complexity index is 771. The lowest BCUT2D eigenvalue weighted by Crippen LogP contribution is -2.10. The van der Waals surface area contributed by atoms with Crippen molar-refractivity contribution in [2.24, 2.45) is 0 Å². The minimum absolute atomic E-state index is 0.259. The predicted molar refractivity (Wildman–Crippen MR) is 75.8 cm³/mol. The molecule has 2 heterocycles. The van der Waals surface area contributed by atoms with Crippen LogP contribution in [0.5, 0.6) is 0 Å². The van der Waals surface area contributed by atoms with E-state index in [4.69, 9.17) is 5.73 Å². The number of halogens is 1. The van der Waals surface area contributed by atoms with E-state index in [1.165, 1.54) is 6.07 Å². The maximum absolute atomic E-state index is 13.5. The summed E-state index contributed by atoms with van der Waals surface area (Å²) in [5.74, 6) is 0.138. The fourth-order valence-corrected chi connectivity index (χ4v) is 2.30. The van der Waals surface area contributed by atoms with E-state index in [9.17, 15) is 4.39 Å². The Hall–Kier alpha value is -2.37. The van der Waals surface area contributed by atoms with Gasteiger partial charge in [-0.15, -0.1) is 0 Å². The van der Waals surface area contributed by atoms with Gasteiger partial charge in [0, 0.05) is 18.8 Å². The molecule has 3 aromatic rings. The summed E-state index contributed by atoms with van der Waals surface area (Å²) in [7, 11) is 0. The first kappa shape index (κ1) is 12.7. The number of nitrogens with zero attached hydrogens (tertiary/aromatic N) is 4. The molecule has 0 radical (unpaired) electrons. The number of nitrogen functional groups attached to an aromatic ring is 1. The van der Waals surface area contributed by atoms with Crippen LogP contribution in [0.4, 0.5) is 10.3 Å². The van der Waals surface area contributed by atoms with Gasteiger partial charge in [0.15, 0.2) is 0 Å². The van der Waals surface area contributed by atoms with E-state index >= 15 is 0 Å². The van der Waals surface area contributed by atoms with Crippen molar-refractivity contribution < 1.29 is 4.39 Å². The van der Waals surface area contributed by atoms with Gasteiger partial charge in [-0.2, -0.15) is 5.10 Å². The molecule has 0 aliphatic heterocycles. The van der Waals surface area contributed by atoms with Gasteiger partial charge in [0.1, 0.15) is 5.82 Å². The van der Waals surface area contributed by atoms with E-state index in [0.717, 1.165) is 11.1 Å². The van der Waals surface area contributed by atoms with Crippen LogP contribution < -0.4 is 5.73 Å². The first-order chi connectivity index (χ1) is 9.54. The molecule has 6 heteroatoms. The van der Waals surface area contributed by atoms with Crippen molar-refractivity contribution in [3.05, 3.63) is 41.5 Å². The van der Waals surface area contributed by atoms with Gasteiger partial charge >= 0.3 is 0 Å². The second kappa shape index (κ2) is 4.63. The second-order valence-electron chi connectivity index (χ2n) is 4.99. The first-order valence-corrected chi connectivity index (χ1v) is 6.45. The molecular formula is C14H16FN5. The smallest absolute Gasteiger partial charge is 0.201 e. The molecular weight excluding hydrogens is 257 g/mol. The summed E-state index contributed by atoms with van der Waals surface area (Å²) in [6.07, 6.45) is 3.79. The summed E-state index contributed by atoms with van der Waals surface area (Å²) >= 11 is 0. The Kier molecular flexibility index (Phi) is 2.93. The van der Waals surface area contributed by atoms with Crippen molar-refractivity contribution in [3.63, 3.8) is 0 Å². The molecule has 2 aromatic heterocycles. The number of imidazole rings is 1. The number of rotatable bonds is 3. The van der Waals surface area contributed by atoms with Gasteiger partial charge in [-0.25, -0.2) is 9.37 Å². The summed E-state index contributed by atoms with van der Waals surface area (Å²) in [6, 6.07) is 3.21. The molecule has 3 rings (SSSR count). The molecule has 0 aliphatic carbocycles. The van der Waals surface area contributed by atoms with Gasteiger partial charge in [-0.1, -0.05) is 0 Å². The average Bonchev–Trinajstić information content (AvgIpc) is 2.92. The van der Waals surface area contributed by atoms with E-state index in [1.807, 2.05) is 28.6 Å². The van der Waals surface area contributed by atoms with Crippen molar-refractivity contribution in [2.75, 3.05) is 5.73 Å². The van der Waals surface area contributed by atoms with Crippen LogP contribution in [0.15, 0.2) is 24.5 Å². The van der Waals surface area contributed by atoms with Crippen LogP contribution in [0.3, 0.4) is 0 Å². The summed E-state index contributed by atoms with van der Waals surface area (Å²) < 4.78 is 17.3. The predicted octanol–water partition coefficient (Wildman–Crippen LogP) is 2.27. The van der Waals surface area contributed by atoms with Crippen LogP contribution in [0.1, 0.15) is 11.1 Å². The Morgan fingerprint density at radius 2 is 2.05 bits per heavy atom. The number of nitrogens with two attached hydrogens (primary N) is 1. The van der Waals surface area contributed by atoms with Gasteiger partial charge in [0.25, 0.3) is 0 Å². The third-order valence-electron chi connectivity index (χ3n) is 3.37. The number of aryl methyl sites for hydroxylation is 4. The fourth-order valence-electron chi connectivity index (χ4n) is 2.30. The lowest BCUT2D eigenvalue weighted by Gasteiger charge is -2.07. The average molecular weight is 273 g/mol. The van der Waals surface area contributed by atoms with Gasteiger partial charge in [-0.3, -0.25) is 4.68 Å². The van der Waals surface area contributed by atoms with Crippen molar-refractivity contribution in [1.82, 2.24) is 19.3 Å². The highest BCUT2D eigenvalue weighted by molar-refractivity contribution is 5.79. The molecule has 5 nitrogen and oxygen atoms in total. The minimum atomic E-state index is -0.259. The van der Waals surface area contributed by atoms with Gasteiger partial charge in [0.2, 0.25) is 5.95 Å². The minimum Gasteiger partial charge on any atom is -0.369 e. The van der Waals surface area contributed by atoms with Crippen molar-refractivity contribution >= 4 is 17.0 Å². The fraction of sp³-hybridized carbons (Fsp3) is 0.286. The Labute approximate surface area is 115 Å². The molecule has 0 saturated heterocycles. The molecule has 0 atom stereocenters. The normalized spacial score (nSPS) is 11.3. The molecule has 0 unspecified atom stereocenters. The van der Waals surface area contributed by atoms with Crippen LogP contribution in [-0.4, -0.2) is 19.3 Å². The third-order valence-corrected chi connectivity index (χ3v) is 3.37. The van der Waals surface area contributed by atoms with Crippen LogP contribution in [0.2, 0.25) is 0 Å². The maximum atomic E-state index is 13.5. The first-order valence-electron chi connectivity index (χ1n) is 6.45. The number of hydrogen-bond acceptors (Lipinski definition) is 3. The monoisotopic (exact) mass is 273 g/mol. The molecule has 0 spiro atoms. The summed E-state index contributed by atoms with van der Waals surface area (Å²) in [5, 5.41) is 4.24. The van der Waals surface area contributed by atoms with E-state index in [1.54, 1.807) is 13.0 Å². The largest absolute Gasteiger partial charge is 0.369 e. The van der Waals surface area contributed by atoms with E-state index in [0.29, 0.717) is 30.1 Å². The lowest BCUT2D eigenvalue weighted by atomic mass is 10.2. The number of anilines is 1. The molecule has 0 saturated carbocycles. The molecule has 1 aromatic carbocycles. The summed E-state index contributed by atoms with van der Waals surface area (Å²) in [4.78, 5) is 4.20. The number of fused-ring (bicyclic) bond motifs is 1. The van der Waals surface area contributed by atoms with Crippen LogP contribution >= 0.6 is 0 Å². The highest BCUT2D eigenvalue weighted by Crippen LogP contribution is 2.21.